The third-order valence-electron chi connectivity index (χ3n) is 15.1. The first-order chi connectivity index (χ1) is 32.0. The lowest BCUT2D eigenvalue weighted by molar-refractivity contribution is 0.312. The van der Waals surface area contributed by atoms with E-state index >= 15 is 0 Å². The smallest absolute Gasteiger partial charge is 0.131 e. The molecule has 356 valence electrons. The molecule has 0 atom stereocenters. The summed E-state index contributed by atoms with van der Waals surface area (Å²) < 4.78 is 7.18. The Labute approximate surface area is 397 Å². The number of unbranched alkanes of at least 4 members (excludes halogenated alkanes) is 14. The molecule has 2 aliphatic rings. The van der Waals surface area contributed by atoms with Gasteiger partial charge < -0.3 is 4.74 Å². The zero-order valence-corrected chi connectivity index (χ0v) is 41.9. The van der Waals surface area contributed by atoms with Crippen LogP contribution in [0.2, 0.25) is 0 Å². The Kier molecular flexibility index (Phi) is 22.8. The Morgan fingerprint density at radius 3 is 1.06 bits per heavy atom. The fourth-order valence-corrected chi connectivity index (χ4v) is 10.9. The fraction of sp³-hybridized carbons (Fsp3) is 0.667. The number of aryl methyl sites for hydroxylation is 4. The molecule has 65 heavy (non-hydrogen) atoms. The molecule has 5 nitrogen and oxygen atoms in total. The summed E-state index contributed by atoms with van der Waals surface area (Å²) >= 11 is 0. The third kappa shape index (κ3) is 17.5. The highest BCUT2D eigenvalue weighted by Crippen LogP contribution is 2.41. The minimum atomic E-state index is 0.478. The van der Waals surface area contributed by atoms with Gasteiger partial charge in [-0.3, -0.25) is 0 Å². The van der Waals surface area contributed by atoms with Crippen LogP contribution in [0.1, 0.15) is 252 Å². The number of nitrogens with zero attached hydrogens (tertiary/aromatic N) is 4. The second-order valence-corrected chi connectivity index (χ2v) is 20.7. The Morgan fingerprint density at radius 1 is 0.385 bits per heavy atom. The van der Waals surface area contributed by atoms with Crippen molar-refractivity contribution in [3.8, 4) is 11.5 Å². The van der Waals surface area contributed by atoms with E-state index in [2.05, 4.69) is 88.9 Å². The van der Waals surface area contributed by atoms with Crippen molar-refractivity contribution in [2.75, 3.05) is 0 Å². The van der Waals surface area contributed by atoms with Crippen molar-refractivity contribution >= 4 is 0 Å². The van der Waals surface area contributed by atoms with Crippen LogP contribution in [-0.4, -0.2) is 19.9 Å². The van der Waals surface area contributed by atoms with Gasteiger partial charge in [0.05, 0.1) is 0 Å². The van der Waals surface area contributed by atoms with Gasteiger partial charge in [-0.25, -0.2) is 19.9 Å². The first kappa shape index (κ1) is 50.8. The molecule has 2 saturated carbocycles. The predicted octanol–water partition coefficient (Wildman–Crippen LogP) is 17.4. The lowest BCUT2D eigenvalue weighted by Gasteiger charge is -2.29. The largest absolute Gasteiger partial charge is 0.457 e. The van der Waals surface area contributed by atoms with Crippen LogP contribution in [0.5, 0.6) is 11.5 Å². The zero-order chi connectivity index (χ0) is 45.3. The van der Waals surface area contributed by atoms with Gasteiger partial charge >= 0.3 is 0 Å². The number of hydrogen-bond donors (Lipinski definition) is 0. The van der Waals surface area contributed by atoms with Crippen LogP contribution < -0.4 is 4.74 Å². The van der Waals surface area contributed by atoms with E-state index in [9.17, 15) is 0 Å². The Balaban J connectivity index is 1.10. The van der Waals surface area contributed by atoms with Gasteiger partial charge in [-0.1, -0.05) is 142 Å². The topological polar surface area (TPSA) is 60.8 Å². The molecule has 2 heterocycles. The highest BCUT2D eigenvalue weighted by atomic mass is 16.5. The van der Waals surface area contributed by atoms with Gasteiger partial charge in [0.25, 0.3) is 0 Å². The molecule has 0 bridgehead atoms. The van der Waals surface area contributed by atoms with Gasteiger partial charge in [-0.05, 0) is 173 Å². The van der Waals surface area contributed by atoms with E-state index < -0.39 is 0 Å². The third-order valence-corrected chi connectivity index (χ3v) is 15.1. The number of rotatable bonds is 30. The summed E-state index contributed by atoms with van der Waals surface area (Å²) in [5.41, 5.74) is 8.34. The highest BCUT2D eigenvalue weighted by Gasteiger charge is 2.27. The molecule has 5 heteroatoms. The van der Waals surface area contributed by atoms with Crippen LogP contribution in [0.4, 0.5) is 0 Å². The first-order valence-corrected chi connectivity index (χ1v) is 27.6. The van der Waals surface area contributed by atoms with E-state index in [4.69, 9.17) is 24.7 Å². The molecule has 2 aromatic carbocycles. The molecule has 2 aliphatic carbocycles. The number of benzene rings is 2. The summed E-state index contributed by atoms with van der Waals surface area (Å²) in [7, 11) is 0. The number of ether oxygens (including phenoxy) is 1. The molecule has 0 radical (unpaired) electrons. The van der Waals surface area contributed by atoms with Gasteiger partial charge in [0.2, 0.25) is 0 Å². The van der Waals surface area contributed by atoms with Gasteiger partial charge in [0.1, 0.15) is 23.1 Å². The summed E-state index contributed by atoms with van der Waals surface area (Å²) in [6, 6.07) is 14.4. The van der Waals surface area contributed by atoms with E-state index in [1.807, 2.05) is 0 Å². The zero-order valence-electron chi connectivity index (χ0n) is 41.9. The molecular formula is C60H90N4O. The van der Waals surface area contributed by atoms with Crippen molar-refractivity contribution in [2.45, 2.75) is 245 Å². The normalized spacial score (nSPS) is 18.8. The van der Waals surface area contributed by atoms with Gasteiger partial charge in [-0.15, -0.1) is 0 Å². The average Bonchev–Trinajstić information content (AvgIpc) is 3.34. The van der Waals surface area contributed by atoms with Crippen LogP contribution in [0.3, 0.4) is 0 Å². The summed E-state index contributed by atoms with van der Waals surface area (Å²) in [6.07, 6.45) is 48.2. The molecule has 6 rings (SSSR count). The van der Waals surface area contributed by atoms with Crippen LogP contribution >= 0.6 is 0 Å². The molecule has 4 aromatic rings. The minimum Gasteiger partial charge on any atom is -0.457 e. The van der Waals surface area contributed by atoms with Crippen LogP contribution in [-0.2, 0) is 38.5 Å². The average molecular weight is 883 g/mol. The lowest BCUT2D eigenvalue weighted by Crippen LogP contribution is -2.18. The van der Waals surface area contributed by atoms with E-state index in [-0.39, 0.29) is 0 Å². The van der Waals surface area contributed by atoms with Crippen molar-refractivity contribution in [3.05, 3.63) is 106 Å². The molecule has 0 amide bonds. The second-order valence-electron chi connectivity index (χ2n) is 20.7. The van der Waals surface area contributed by atoms with E-state index in [0.29, 0.717) is 23.7 Å². The molecular weight excluding hydrogens is 793 g/mol. The van der Waals surface area contributed by atoms with Crippen LogP contribution in [0, 0.1) is 11.8 Å². The second kappa shape index (κ2) is 29.2. The highest BCUT2D eigenvalue weighted by molar-refractivity contribution is 5.45. The van der Waals surface area contributed by atoms with Crippen molar-refractivity contribution < 1.29 is 4.74 Å². The standard InChI is InChI=1S/C60H90N4O/c1-5-9-13-17-21-25-51-43-61-59(62-44-51)53-33-27-49(28-34-53)41-55-39-47(23-19-15-11-7-3)31-37-57(55)65-58-38-32-48(24-20-16-12-8-4)40-56(58)42-50-29-35-54(36-30-50)60-63-45-52(46-64-60)26-22-18-14-10-6-2/h31-32,37-40,43-46,49-50,53-54H,5-30,33-36,41-42H2,1-4H3. The summed E-state index contributed by atoms with van der Waals surface area (Å²) in [5, 5.41) is 0. The van der Waals surface area contributed by atoms with Crippen molar-refractivity contribution in [1.82, 2.24) is 19.9 Å². The SMILES string of the molecule is CCCCCCCc1cnc(C2CCC(Cc3cc(CCCCCC)ccc3Oc3ccc(CCCCCC)cc3CC3CCC(c4ncc(CCCCCCC)cn4)CC3)CC2)nc1. The lowest BCUT2D eigenvalue weighted by atomic mass is 9.78. The van der Waals surface area contributed by atoms with E-state index in [0.717, 1.165) is 61.7 Å². The maximum absolute atomic E-state index is 7.18. The minimum absolute atomic E-state index is 0.478. The van der Waals surface area contributed by atoms with Gasteiger partial charge in [0.15, 0.2) is 0 Å². The molecule has 2 aromatic heterocycles. The molecule has 0 saturated heterocycles. The van der Waals surface area contributed by atoms with E-state index in [1.165, 1.54) is 200 Å². The maximum atomic E-state index is 7.18. The Morgan fingerprint density at radius 2 is 0.708 bits per heavy atom. The molecule has 0 aliphatic heterocycles. The van der Waals surface area contributed by atoms with Gasteiger partial charge in [-0.2, -0.15) is 0 Å². The van der Waals surface area contributed by atoms with E-state index in [1.54, 1.807) is 0 Å². The molecule has 0 spiro atoms. The number of hydrogen-bond acceptors (Lipinski definition) is 5. The van der Waals surface area contributed by atoms with Crippen molar-refractivity contribution in [1.29, 1.82) is 0 Å². The van der Waals surface area contributed by atoms with Crippen molar-refractivity contribution in [2.24, 2.45) is 11.8 Å². The molecule has 0 unspecified atom stereocenters. The van der Waals surface area contributed by atoms with Gasteiger partial charge in [0, 0.05) is 36.6 Å². The monoisotopic (exact) mass is 883 g/mol. The Bertz CT molecular complexity index is 1740. The summed E-state index contributed by atoms with van der Waals surface area (Å²) in [4.78, 5) is 19.7. The van der Waals surface area contributed by atoms with Crippen molar-refractivity contribution in [3.63, 3.8) is 0 Å². The predicted molar refractivity (Wildman–Crippen MR) is 274 cm³/mol. The summed E-state index contributed by atoms with van der Waals surface area (Å²) in [6.45, 7) is 9.18. The van der Waals surface area contributed by atoms with Crippen LogP contribution in [0.15, 0.2) is 61.2 Å². The fourth-order valence-electron chi connectivity index (χ4n) is 10.9. The molecule has 0 N–H and O–H groups in total. The molecule has 2 fully saturated rings. The summed E-state index contributed by atoms with van der Waals surface area (Å²) in [5.74, 6) is 6.54. The first-order valence-electron chi connectivity index (χ1n) is 27.6. The quantitative estimate of drug-likeness (QED) is 0.0488. The van der Waals surface area contributed by atoms with Crippen LogP contribution in [0.25, 0.3) is 0 Å². The number of aromatic nitrogens is 4. The Hall–Kier alpha value is -3.60. The maximum Gasteiger partial charge on any atom is 0.131 e.